The molecule has 6 nitrogen and oxygen atoms in total. The molecule has 1 atom stereocenters. The van der Waals surface area contributed by atoms with Gasteiger partial charge in [-0.1, -0.05) is 56.5 Å². The molecule has 3 fully saturated rings. The summed E-state index contributed by atoms with van der Waals surface area (Å²) >= 11 is 0. The highest BCUT2D eigenvalue weighted by molar-refractivity contribution is 5.94. The van der Waals surface area contributed by atoms with Crippen LogP contribution in [0.2, 0.25) is 0 Å². The molecule has 1 saturated carbocycles. The third-order valence-electron chi connectivity index (χ3n) is 7.36. The van der Waals surface area contributed by atoms with E-state index in [-0.39, 0.29) is 29.8 Å². The molecule has 2 heterocycles. The summed E-state index contributed by atoms with van der Waals surface area (Å²) in [4.78, 5) is 32.5. The predicted molar refractivity (Wildman–Crippen MR) is 118 cm³/mol. The van der Waals surface area contributed by atoms with E-state index in [4.69, 9.17) is 0 Å². The molecule has 2 aliphatic heterocycles. The summed E-state index contributed by atoms with van der Waals surface area (Å²) in [6, 6.07) is 10.3. The van der Waals surface area contributed by atoms with Gasteiger partial charge >= 0.3 is 0 Å². The average molecular weight is 413 g/mol. The Balaban J connectivity index is 1.31. The van der Waals surface area contributed by atoms with Gasteiger partial charge in [-0.3, -0.25) is 14.5 Å². The van der Waals surface area contributed by atoms with E-state index in [1.165, 1.54) is 12.0 Å². The molecule has 1 N–H and O–H groups in total. The Morgan fingerprint density at radius 1 is 1.03 bits per heavy atom. The number of hydrogen-bond acceptors (Lipinski definition) is 4. The topological polar surface area (TPSA) is 55.9 Å². The Morgan fingerprint density at radius 3 is 2.37 bits per heavy atom. The number of amides is 2. The summed E-state index contributed by atoms with van der Waals surface area (Å²) in [5.74, 6) is 0.143. The van der Waals surface area contributed by atoms with Crippen molar-refractivity contribution in [1.29, 1.82) is 0 Å². The van der Waals surface area contributed by atoms with Crippen LogP contribution in [-0.4, -0.2) is 78.9 Å². The van der Waals surface area contributed by atoms with E-state index >= 15 is 0 Å². The molecule has 3 aliphatic rings. The van der Waals surface area contributed by atoms with Gasteiger partial charge in [0.2, 0.25) is 11.8 Å². The third kappa shape index (κ3) is 4.26. The summed E-state index contributed by atoms with van der Waals surface area (Å²) in [6.45, 7) is 9.34. The van der Waals surface area contributed by atoms with Crippen LogP contribution in [0.3, 0.4) is 0 Å². The van der Waals surface area contributed by atoms with Gasteiger partial charge in [0, 0.05) is 39.3 Å². The fourth-order valence-electron chi connectivity index (χ4n) is 5.61. The number of hydrogen-bond donors (Lipinski definition) is 1. The molecule has 1 aromatic carbocycles. The van der Waals surface area contributed by atoms with Crippen LogP contribution in [0.25, 0.3) is 0 Å². The highest BCUT2D eigenvalue weighted by Crippen LogP contribution is 2.57. The summed E-state index contributed by atoms with van der Waals surface area (Å²) in [7, 11) is 0. The number of piperazine rings is 1. The third-order valence-corrected chi connectivity index (χ3v) is 7.36. The van der Waals surface area contributed by atoms with Crippen LogP contribution in [0.15, 0.2) is 30.3 Å². The van der Waals surface area contributed by atoms with E-state index in [9.17, 15) is 9.59 Å². The van der Waals surface area contributed by atoms with Gasteiger partial charge in [0.15, 0.2) is 0 Å². The van der Waals surface area contributed by atoms with Gasteiger partial charge in [-0.25, -0.2) is 0 Å². The minimum Gasteiger partial charge on any atom is -0.353 e. The van der Waals surface area contributed by atoms with E-state index in [1.807, 2.05) is 23.1 Å². The maximum Gasteiger partial charge on any atom is 0.239 e. The number of benzene rings is 1. The Hall–Kier alpha value is -1.92. The molecule has 1 unspecified atom stereocenters. The molecular formula is C24H36N4O2. The van der Waals surface area contributed by atoms with Crippen LogP contribution in [0, 0.1) is 5.41 Å². The Morgan fingerprint density at radius 2 is 1.70 bits per heavy atom. The normalized spacial score (nSPS) is 24.6. The fraction of sp³-hybridized carbons (Fsp3) is 0.667. The maximum atomic E-state index is 13.2. The highest BCUT2D eigenvalue weighted by Gasteiger charge is 2.60. The van der Waals surface area contributed by atoms with E-state index in [0.717, 1.165) is 65.0 Å². The molecule has 0 bridgehead atoms. The number of carbonyl (C=O) groups is 2. The van der Waals surface area contributed by atoms with Crippen molar-refractivity contribution in [2.75, 3.05) is 52.4 Å². The van der Waals surface area contributed by atoms with Crippen molar-refractivity contribution >= 4 is 11.8 Å². The summed E-state index contributed by atoms with van der Waals surface area (Å²) < 4.78 is 0. The molecule has 0 aromatic heterocycles. The second kappa shape index (κ2) is 9.48. The van der Waals surface area contributed by atoms with Gasteiger partial charge in [0.05, 0.1) is 11.5 Å². The van der Waals surface area contributed by atoms with Gasteiger partial charge in [-0.2, -0.15) is 0 Å². The van der Waals surface area contributed by atoms with Crippen LogP contribution in [0.5, 0.6) is 0 Å². The Kier molecular flexibility index (Phi) is 6.74. The van der Waals surface area contributed by atoms with Crippen LogP contribution in [0.4, 0.5) is 0 Å². The Labute approximate surface area is 180 Å². The van der Waals surface area contributed by atoms with Crippen molar-refractivity contribution in [2.24, 2.45) is 5.41 Å². The zero-order chi connectivity index (χ0) is 21.0. The molecule has 1 spiro atoms. The monoisotopic (exact) mass is 412 g/mol. The van der Waals surface area contributed by atoms with Crippen LogP contribution in [0.1, 0.15) is 50.6 Å². The van der Waals surface area contributed by atoms with Crippen molar-refractivity contribution in [3.63, 3.8) is 0 Å². The largest absolute Gasteiger partial charge is 0.353 e. The van der Waals surface area contributed by atoms with E-state index < -0.39 is 0 Å². The average Bonchev–Trinajstić information content (AvgIpc) is 2.80. The van der Waals surface area contributed by atoms with Crippen LogP contribution < -0.4 is 5.32 Å². The zero-order valence-electron chi connectivity index (χ0n) is 18.3. The van der Waals surface area contributed by atoms with Crippen LogP contribution in [-0.2, 0) is 9.59 Å². The molecule has 2 amide bonds. The minimum atomic E-state index is -0.279. The molecule has 0 radical (unpaired) electrons. The first-order chi connectivity index (χ1) is 14.6. The number of nitrogens with zero attached hydrogens (tertiary/aromatic N) is 3. The SMILES string of the molecule is CCN1CCN(CCNC(=O)CN2C(=O)C3(CCCCC3)C2c2ccccc2)CC1. The molecule has 2 saturated heterocycles. The van der Waals surface area contributed by atoms with Gasteiger partial charge < -0.3 is 15.1 Å². The summed E-state index contributed by atoms with van der Waals surface area (Å²) in [5, 5.41) is 3.05. The van der Waals surface area contributed by atoms with Crippen molar-refractivity contribution in [2.45, 2.75) is 45.1 Å². The van der Waals surface area contributed by atoms with Gasteiger partial charge in [-0.05, 0) is 24.9 Å². The second-order valence-electron chi connectivity index (χ2n) is 9.09. The molecule has 4 rings (SSSR count). The van der Waals surface area contributed by atoms with Crippen molar-refractivity contribution < 1.29 is 9.59 Å². The number of likely N-dealkylation sites (tertiary alicyclic amines) is 1. The van der Waals surface area contributed by atoms with Gasteiger partial charge in [0.25, 0.3) is 0 Å². The fourth-order valence-corrected chi connectivity index (χ4v) is 5.61. The maximum absolute atomic E-state index is 13.2. The number of likely N-dealkylation sites (N-methyl/N-ethyl adjacent to an activating group) is 1. The second-order valence-corrected chi connectivity index (χ2v) is 9.09. The first-order valence-electron chi connectivity index (χ1n) is 11.7. The Bertz CT molecular complexity index is 724. The van der Waals surface area contributed by atoms with Crippen molar-refractivity contribution in [3.05, 3.63) is 35.9 Å². The molecule has 1 aliphatic carbocycles. The number of carbonyl (C=O) groups excluding carboxylic acids is 2. The lowest BCUT2D eigenvalue weighted by Crippen LogP contribution is -2.65. The lowest BCUT2D eigenvalue weighted by molar-refractivity contribution is -0.180. The number of β-lactam (4-membered cyclic amide) rings is 1. The summed E-state index contributed by atoms with van der Waals surface area (Å²) in [5.41, 5.74) is 0.888. The lowest BCUT2D eigenvalue weighted by Gasteiger charge is -2.58. The van der Waals surface area contributed by atoms with Crippen molar-refractivity contribution in [1.82, 2.24) is 20.0 Å². The smallest absolute Gasteiger partial charge is 0.239 e. The van der Waals surface area contributed by atoms with E-state index in [0.29, 0.717) is 6.54 Å². The quantitative estimate of drug-likeness (QED) is 0.698. The lowest BCUT2D eigenvalue weighted by atomic mass is 9.60. The van der Waals surface area contributed by atoms with Crippen LogP contribution >= 0.6 is 0 Å². The molecule has 1 aromatic rings. The molecule has 164 valence electrons. The molecular weight excluding hydrogens is 376 g/mol. The van der Waals surface area contributed by atoms with Gasteiger partial charge in [-0.15, -0.1) is 0 Å². The molecule has 30 heavy (non-hydrogen) atoms. The van der Waals surface area contributed by atoms with Crippen molar-refractivity contribution in [3.8, 4) is 0 Å². The number of rotatable bonds is 7. The minimum absolute atomic E-state index is 0.0397. The van der Waals surface area contributed by atoms with Gasteiger partial charge in [0.1, 0.15) is 6.54 Å². The first kappa shape index (κ1) is 21.3. The standard InChI is InChI=1S/C24H36N4O2/c1-2-26-15-17-27(18-16-26)14-13-25-21(29)19-28-22(20-9-5-3-6-10-20)24(23(28)30)11-7-4-8-12-24/h3,5-6,9-10,22H,2,4,7-8,11-19H2,1H3,(H,25,29). The zero-order valence-corrected chi connectivity index (χ0v) is 18.3. The highest BCUT2D eigenvalue weighted by atomic mass is 16.2. The van der Waals surface area contributed by atoms with E-state index in [2.05, 4.69) is 34.2 Å². The molecule has 6 heteroatoms. The summed E-state index contributed by atoms with van der Waals surface area (Å²) in [6.07, 6.45) is 5.34. The number of nitrogens with one attached hydrogen (secondary N) is 1. The predicted octanol–water partition coefficient (Wildman–Crippen LogP) is 2.27. The first-order valence-corrected chi connectivity index (χ1v) is 11.7. The van der Waals surface area contributed by atoms with E-state index in [1.54, 1.807) is 0 Å².